The van der Waals surface area contributed by atoms with Crippen LogP contribution < -0.4 is 24.4 Å². The molecular weight excluding hydrogens is 374 g/mol. The number of nitrogens with zero attached hydrogens (tertiary/aromatic N) is 2. The molecule has 0 saturated heterocycles. The lowest BCUT2D eigenvalue weighted by atomic mass is 10.2. The Labute approximate surface area is 169 Å². The first-order chi connectivity index (χ1) is 13.9. The van der Waals surface area contributed by atoms with Gasteiger partial charge < -0.3 is 24.4 Å². The van der Waals surface area contributed by atoms with Crippen molar-refractivity contribution in [1.29, 1.82) is 5.26 Å². The minimum absolute atomic E-state index is 0.0796. The maximum Gasteiger partial charge on any atom is 0.226 e. The van der Waals surface area contributed by atoms with E-state index >= 15 is 0 Å². The molecule has 2 aromatic rings. The first-order valence-electron chi connectivity index (χ1n) is 8.81. The summed E-state index contributed by atoms with van der Waals surface area (Å²) in [4.78, 5) is 25.9. The second-order valence-corrected chi connectivity index (χ2v) is 6.04. The summed E-state index contributed by atoms with van der Waals surface area (Å²) in [6.45, 7) is 1.58. The molecule has 0 aliphatic rings. The van der Waals surface area contributed by atoms with E-state index in [1.54, 1.807) is 36.4 Å². The molecule has 0 aliphatic carbocycles. The normalized spacial score (nSPS) is 9.90. The molecule has 0 radical (unpaired) electrons. The summed E-state index contributed by atoms with van der Waals surface area (Å²) in [5, 5.41) is 11.6. The average Bonchev–Trinajstić information content (AvgIpc) is 2.73. The van der Waals surface area contributed by atoms with E-state index < -0.39 is 0 Å². The van der Waals surface area contributed by atoms with E-state index in [-0.39, 0.29) is 24.8 Å². The van der Waals surface area contributed by atoms with Crippen molar-refractivity contribution in [3.63, 3.8) is 0 Å². The SMILES string of the molecule is COc1cc(N(CCC(=O)Nc2ccc(C#N)cc2)C(C)=O)cc(OC)c1OC. The van der Waals surface area contributed by atoms with Crippen LogP contribution in [0.1, 0.15) is 18.9 Å². The molecular formula is C21H23N3O5. The van der Waals surface area contributed by atoms with Gasteiger partial charge in [-0.05, 0) is 24.3 Å². The Morgan fingerprint density at radius 1 is 1.03 bits per heavy atom. The molecule has 1 N–H and O–H groups in total. The predicted molar refractivity (Wildman–Crippen MR) is 109 cm³/mol. The lowest BCUT2D eigenvalue weighted by Gasteiger charge is -2.23. The number of ether oxygens (including phenoxy) is 3. The summed E-state index contributed by atoms with van der Waals surface area (Å²) < 4.78 is 16.0. The highest BCUT2D eigenvalue weighted by molar-refractivity contribution is 5.95. The summed E-state index contributed by atoms with van der Waals surface area (Å²) in [6, 6.07) is 11.9. The van der Waals surface area contributed by atoms with Crippen LogP contribution in [0.4, 0.5) is 11.4 Å². The maximum absolute atomic E-state index is 12.3. The largest absolute Gasteiger partial charge is 0.493 e. The van der Waals surface area contributed by atoms with E-state index in [4.69, 9.17) is 19.5 Å². The van der Waals surface area contributed by atoms with Crippen molar-refractivity contribution in [3.05, 3.63) is 42.0 Å². The quantitative estimate of drug-likeness (QED) is 0.735. The van der Waals surface area contributed by atoms with E-state index in [0.29, 0.717) is 34.2 Å². The number of methoxy groups -OCH3 is 3. The van der Waals surface area contributed by atoms with E-state index in [2.05, 4.69) is 5.32 Å². The lowest BCUT2D eigenvalue weighted by molar-refractivity contribution is -0.117. The molecule has 0 saturated carbocycles. The van der Waals surface area contributed by atoms with Gasteiger partial charge in [0.25, 0.3) is 0 Å². The standard InChI is InChI=1S/C21H23N3O5/c1-14(25)24(17-11-18(27-2)21(29-4)19(12-17)28-3)10-9-20(26)23-16-7-5-15(13-22)6-8-16/h5-8,11-12H,9-10H2,1-4H3,(H,23,26). The van der Waals surface area contributed by atoms with Gasteiger partial charge in [0.05, 0.1) is 38.6 Å². The smallest absolute Gasteiger partial charge is 0.226 e. The fourth-order valence-corrected chi connectivity index (χ4v) is 2.76. The molecule has 0 unspecified atom stereocenters. The van der Waals surface area contributed by atoms with Gasteiger partial charge in [-0.15, -0.1) is 0 Å². The third-order valence-electron chi connectivity index (χ3n) is 4.20. The molecule has 152 valence electrons. The van der Waals surface area contributed by atoms with Gasteiger partial charge in [0, 0.05) is 37.7 Å². The van der Waals surface area contributed by atoms with Crippen molar-refractivity contribution in [3.8, 4) is 23.3 Å². The number of hydrogen-bond donors (Lipinski definition) is 1. The third-order valence-corrected chi connectivity index (χ3v) is 4.20. The molecule has 0 aliphatic heterocycles. The number of nitriles is 1. The van der Waals surface area contributed by atoms with E-state index in [1.165, 1.54) is 33.2 Å². The van der Waals surface area contributed by atoms with Gasteiger partial charge in [-0.1, -0.05) is 0 Å². The first kappa shape index (κ1) is 21.6. The highest BCUT2D eigenvalue weighted by Gasteiger charge is 2.19. The predicted octanol–water partition coefficient (Wildman–Crippen LogP) is 2.97. The minimum atomic E-state index is -0.256. The van der Waals surface area contributed by atoms with Crippen LogP contribution in [0.25, 0.3) is 0 Å². The summed E-state index contributed by atoms with van der Waals surface area (Å²) in [7, 11) is 4.48. The summed E-state index contributed by atoms with van der Waals surface area (Å²) in [6.07, 6.45) is 0.0796. The third kappa shape index (κ3) is 5.39. The molecule has 8 heteroatoms. The second-order valence-electron chi connectivity index (χ2n) is 6.04. The number of carbonyl (C=O) groups is 2. The van der Waals surface area contributed by atoms with Crippen molar-refractivity contribution in [2.75, 3.05) is 38.1 Å². The van der Waals surface area contributed by atoms with Gasteiger partial charge in [-0.3, -0.25) is 9.59 Å². The van der Waals surface area contributed by atoms with Crippen molar-refractivity contribution >= 4 is 23.2 Å². The molecule has 29 heavy (non-hydrogen) atoms. The fourth-order valence-electron chi connectivity index (χ4n) is 2.76. The number of nitrogens with one attached hydrogen (secondary N) is 1. The van der Waals surface area contributed by atoms with Crippen LogP contribution in [0.2, 0.25) is 0 Å². The van der Waals surface area contributed by atoms with Gasteiger partial charge >= 0.3 is 0 Å². The molecule has 0 atom stereocenters. The first-order valence-corrected chi connectivity index (χ1v) is 8.81. The van der Waals surface area contributed by atoms with Crippen molar-refractivity contribution in [2.45, 2.75) is 13.3 Å². The van der Waals surface area contributed by atoms with Crippen LogP contribution in [0, 0.1) is 11.3 Å². The molecule has 8 nitrogen and oxygen atoms in total. The van der Waals surface area contributed by atoms with E-state index in [0.717, 1.165) is 0 Å². The minimum Gasteiger partial charge on any atom is -0.493 e. The molecule has 0 fully saturated rings. The average molecular weight is 397 g/mol. The van der Waals surface area contributed by atoms with Gasteiger partial charge in [0.15, 0.2) is 11.5 Å². The molecule has 2 aromatic carbocycles. The summed E-state index contributed by atoms with van der Waals surface area (Å²) in [5.41, 5.74) is 1.61. The Hall–Kier alpha value is -3.73. The van der Waals surface area contributed by atoms with Crippen LogP contribution in [0.5, 0.6) is 17.2 Å². The monoisotopic (exact) mass is 397 g/mol. The number of anilines is 2. The van der Waals surface area contributed by atoms with Crippen LogP contribution in [-0.2, 0) is 9.59 Å². The zero-order valence-corrected chi connectivity index (χ0v) is 16.8. The zero-order chi connectivity index (χ0) is 21.4. The second kappa shape index (κ2) is 9.99. The van der Waals surface area contributed by atoms with Crippen LogP contribution in [0.15, 0.2) is 36.4 Å². The molecule has 0 bridgehead atoms. The Morgan fingerprint density at radius 3 is 2.07 bits per heavy atom. The molecule has 0 spiro atoms. The number of hydrogen-bond acceptors (Lipinski definition) is 6. The van der Waals surface area contributed by atoms with Gasteiger partial charge in [-0.25, -0.2) is 0 Å². The van der Waals surface area contributed by atoms with E-state index in [9.17, 15) is 9.59 Å². The molecule has 0 heterocycles. The molecule has 2 rings (SSSR count). The van der Waals surface area contributed by atoms with Crippen LogP contribution >= 0.6 is 0 Å². The Balaban J connectivity index is 2.14. The maximum atomic E-state index is 12.3. The fraction of sp³-hybridized carbons (Fsp3) is 0.286. The van der Waals surface area contributed by atoms with Crippen LogP contribution in [0.3, 0.4) is 0 Å². The molecule has 0 aromatic heterocycles. The number of rotatable bonds is 8. The number of carbonyl (C=O) groups excluding carboxylic acids is 2. The topological polar surface area (TPSA) is 101 Å². The molecule has 2 amide bonds. The van der Waals surface area contributed by atoms with Crippen LogP contribution in [-0.4, -0.2) is 39.7 Å². The number of benzene rings is 2. The van der Waals surface area contributed by atoms with Gasteiger partial charge in [0.1, 0.15) is 0 Å². The Kier molecular flexibility index (Phi) is 7.43. The summed E-state index contributed by atoms with van der Waals surface area (Å²) >= 11 is 0. The van der Waals surface area contributed by atoms with E-state index in [1.807, 2.05) is 6.07 Å². The summed E-state index contributed by atoms with van der Waals surface area (Å²) in [5.74, 6) is 0.755. The van der Waals surface area contributed by atoms with Crippen molar-refractivity contribution in [2.24, 2.45) is 0 Å². The number of amides is 2. The highest BCUT2D eigenvalue weighted by Crippen LogP contribution is 2.41. The Bertz CT molecular complexity index is 894. The Morgan fingerprint density at radius 2 is 1.62 bits per heavy atom. The van der Waals surface area contributed by atoms with Gasteiger partial charge in [0.2, 0.25) is 17.6 Å². The van der Waals surface area contributed by atoms with Gasteiger partial charge in [-0.2, -0.15) is 5.26 Å². The zero-order valence-electron chi connectivity index (χ0n) is 16.8. The van der Waals surface area contributed by atoms with Crippen molar-refractivity contribution in [1.82, 2.24) is 0 Å². The lowest BCUT2D eigenvalue weighted by Crippen LogP contribution is -2.32. The highest BCUT2D eigenvalue weighted by atomic mass is 16.5. The van der Waals surface area contributed by atoms with Crippen molar-refractivity contribution < 1.29 is 23.8 Å².